The second-order valence-electron chi connectivity index (χ2n) is 9.25. The van der Waals surface area contributed by atoms with Crippen molar-refractivity contribution >= 4 is 11.8 Å². The molecule has 1 fully saturated rings. The van der Waals surface area contributed by atoms with Crippen molar-refractivity contribution in [3.05, 3.63) is 35.9 Å². The topological polar surface area (TPSA) is 104 Å². The van der Waals surface area contributed by atoms with Gasteiger partial charge in [0.2, 0.25) is 11.8 Å². The van der Waals surface area contributed by atoms with Crippen LogP contribution < -0.4 is 16.4 Å². The summed E-state index contributed by atoms with van der Waals surface area (Å²) in [5.74, 6) is -6.18. The van der Waals surface area contributed by atoms with Crippen molar-refractivity contribution in [1.29, 1.82) is 0 Å². The zero-order valence-electron chi connectivity index (χ0n) is 19.0. The van der Waals surface area contributed by atoms with Gasteiger partial charge >= 0.3 is 0 Å². The van der Waals surface area contributed by atoms with Gasteiger partial charge in [-0.15, -0.1) is 0 Å². The number of nitrogens with one attached hydrogen (secondary N) is 2. The van der Waals surface area contributed by atoms with E-state index < -0.39 is 48.3 Å². The van der Waals surface area contributed by atoms with Crippen LogP contribution in [0.15, 0.2) is 30.3 Å². The quantitative estimate of drug-likeness (QED) is 0.387. The van der Waals surface area contributed by atoms with E-state index >= 15 is 0 Å². The van der Waals surface area contributed by atoms with Crippen LogP contribution in [0.2, 0.25) is 0 Å². The highest BCUT2D eigenvalue weighted by Crippen LogP contribution is 2.30. The smallest absolute Gasteiger partial charge is 0.291 e. The summed E-state index contributed by atoms with van der Waals surface area (Å²) in [5, 5.41) is 15.0. The number of benzene rings is 1. The van der Waals surface area contributed by atoms with Gasteiger partial charge in [0.25, 0.3) is 5.92 Å². The Morgan fingerprint density at radius 3 is 2.28 bits per heavy atom. The molecule has 3 unspecified atom stereocenters. The van der Waals surface area contributed by atoms with Crippen molar-refractivity contribution in [2.24, 2.45) is 23.5 Å². The first kappa shape index (κ1) is 26.2. The van der Waals surface area contributed by atoms with Gasteiger partial charge in [-0.25, -0.2) is 8.78 Å². The lowest BCUT2D eigenvalue weighted by molar-refractivity contribution is -0.142. The van der Waals surface area contributed by atoms with Crippen LogP contribution >= 0.6 is 0 Å². The van der Waals surface area contributed by atoms with Gasteiger partial charge in [0.15, 0.2) is 0 Å². The molecule has 5 N–H and O–H groups in total. The molecule has 8 heteroatoms. The van der Waals surface area contributed by atoms with Crippen LogP contribution in [0.1, 0.15) is 57.9 Å². The first-order chi connectivity index (χ1) is 15.1. The fraction of sp³-hybridized carbons (Fsp3) is 0.667. The molecule has 2 rings (SSSR count). The summed E-state index contributed by atoms with van der Waals surface area (Å²) in [7, 11) is 0. The number of nitrogens with two attached hydrogens (primary N) is 1. The number of hydrogen-bond acceptors (Lipinski definition) is 4. The average molecular weight is 454 g/mol. The van der Waals surface area contributed by atoms with E-state index in [1.807, 2.05) is 30.3 Å². The minimum Gasteiger partial charge on any atom is -0.385 e. The SMILES string of the molecule is CC(C)C(C(=O)NCc1ccccc1)C(=O)NCC(F)(F)C(O)C(N)CC1CCCCC1. The fourth-order valence-electron chi connectivity index (χ4n) is 4.29. The Balaban J connectivity index is 1.88. The Bertz CT molecular complexity index is 724. The normalized spacial score (nSPS) is 18.1. The molecule has 0 radical (unpaired) electrons. The van der Waals surface area contributed by atoms with Gasteiger partial charge < -0.3 is 21.5 Å². The summed E-state index contributed by atoms with van der Waals surface area (Å²) in [6.07, 6.45) is 3.42. The van der Waals surface area contributed by atoms with Gasteiger partial charge in [0.1, 0.15) is 12.0 Å². The molecule has 3 atom stereocenters. The molecule has 6 nitrogen and oxygen atoms in total. The third-order valence-corrected chi connectivity index (χ3v) is 6.21. The minimum absolute atomic E-state index is 0.237. The summed E-state index contributed by atoms with van der Waals surface area (Å²) in [4.78, 5) is 25.1. The lowest BCUT2D eigenvalue weighted by Gasteiger charge is -2.31. The molecular formula is C24H37F2N3O3. The molecule has 1 aromatic rings. The lowest BCUT2D eigenvalue weighted by Crippen LogP contribution is -2.54. The Morgan fingerprint density at radius 1 is 1.09 bits per heavy atom. The molecule has 1 aromatic carbocycles. The monoisotopic (exact) mass is 453 g/mol. The first-order valence-electron chi connectivity index (χ1n) is 11.5. The zero-order valence-corrected chi connectivity index (χ0v) is 19.0. The molecule has 1 saturated carbocycles. The van der Waals surface area contributed by atoms with Crippen molar-refractivity contribution < 1.29 is 23.5 Å². The maximum atomic E-state index is 14.6. The highest BCUT2D eigenvalue weighted by Gasteiger charge is 2.43. The predicted octanol–water partition coefficient (Wildman–Crippen LogP) is 2.99. The fourth-order valence-corrected chi connectivity index (χ4v) is 4.29. The second-order valence-corrected chi connectivity index (χ2v) is 9.25. The molecule has 1 aliphatic carbocycles. The van der Waals surface area contributed by atoms with Gasteiger partial charge in [-0.2, -0.15) is 0 Å². The van der Waals surface area contributed by atoms with E-state index in [2.05, 4.69) is 10.6 Å². The van der Waals surface area contributed by atoms with Crippen LogP contribution in [0, 0.1) is 17.8 Å². The Labute approximate surface area is 189 Å². The van der Waals surface area contributed by atoms with Crippen molar-refractivity contribution in [3.8, 4) is 0 Å². The van der Waals surface area contributed by atoms with Crippen LogP contribution in [-0.2, 0) is 16.1 Å². The van der Waals surface area contributed by atoms with Gasteiger partial charge in [0, 0.05) is 12.6 Å². The maximum absolute atomic E-state index is 14.6. The molecule has 0 spiro atoms. The number of carbonyl (C=O) groups excluding carboxylic acids is 2. The first-order valence-corrected chi connectivity index (χ1v) is 11.5. The maximum Gasteiger partial charge on any atom is 0.291 e. The molecule has 32 heavy (non-hydrogen) atoms. The number of alkyl halides is 2. The lowest BCUT2D eigenvalue weighted by atomic mass is 9.83. The van der Waals surface area contributed by atoms with E-state index in [0.717, 1.165) is 37.7 Å². The standard InChI is InChI=1S/C24H37F2N3O3/c1-16(2)20(22(31)28-14-18-11-7-4-8-12-18)23(32)29-15-24(25,26)21(30)19(27)13-17-9-5-3-6-10-17/h4,7-8,11-12,16-17,19-21,30H,3,5-6,9-10,13-15,27H2,1-2H3,(H,28,31)(H,29,32). The van der Waals surface area contributed by atoms with Crippen molar-refractivity contribution in [2.45, 2.75) is 77.0 Å². The van der Waals surface area contributed by atoms with Gasteiger partial charge in [0.05, 0.1) is 6.54 Å². The third-order valence-electron chi connectivity index (χ3n) is 6.21. The van der Waals surface area contributed by atoms with Crippen LogP contribution in [0.4, 0.5) is 8.78 Å². The summed E-state index contributed by atoms with van der Waals surface area (Å²) >= 11 is 0. The number of aliphatic hydroxyl groups is 1. The molecule has 0 saturated heterocycles. The van der Waals surface area contributed by atoms with E-state index in [9.17, 15) is 23.5 Å². The Hall–Kier alpha value is -2.06. The molecule has 0 heterocycles. The molecule has 1 aliphatic rings. The number of rotatable bonds is 11. The van der Waals surface area contributed by atoms with Crippen LogP contribution in [0.5, 0.6) is 0 Å². The van der Waals surface area contributed by atoms with Gasteiger partial charge in [-0.05, 0) is 23.8 Å². The summed E-state index contributed by atoms with van der Waals surface area (Å²) in [6.45, 7) is 2.53. The molecule has 0 aromatic heterocycles. The largest absolute Gasteiger partial charge is 0.385 e. The zero-order chi connectivity index (χ0) is 23.7. The second kappa shape index (κ2) is 12.3. The van der Waals surface area contributed by atoms with Gasteiger partial charge in [-0.1, -0.05) is 76.3 Å². The van der Waals surface area contributed by atoms with Gasteiger partial charge in [-0.3, -0.25) is 9.59 Å². The molecular weight excluding hydrogens is 416 g/mol. The summed E-state index contributed by atoms with van der Waals surface area (Å²) < 4.78 is 29.1. The Kier molecular flexibility index (Phi) is 10.0. The van der Waals surface area contributed by atoms with Crippen molar-refractivity contribution in [2.75, 3.05) is 6.54 Å². The summed E-state index contributed by atoms with van der Waals surface area (Å²) in [6, 6.07) is 8.12. The van der Waals surface area contributed by atoms with E-state index in [1.165, 1.54) is 0 Å². The third kappa shape index (κ3) is 7.81. The van der Waals surface area contributed by atoms with E-state index in [1.54, 1.807) is 13.8 Å². The number of aliphatic hydroxyl groups excluding tert-OH is 1. The summed E-state index contributed by atoms with van der Waals surface area (Å²) in [5.41, 5.74) is 6.75. The molecule has 0 bridgehead atoms. The van der Waals surface area contributed by atoms with E-state index in [0.29, 0.717) is 6.42 Å². The predicted molar refractivity (Wildman–Crippen MR) is 120 cm³/mol. The highest BCUT2D eigenvalue weighted by atomic mass is 19.3. The Morgan fingerprint density at radius 2 is 1.69 bits per heavy atom. The number of carbonyl (C=O) groups is 2. The minimum atomic E-state index is -3.59. The average Bonchev–Trinajstić information content (AvgIpc) is 2.77. The van der Waals surface area contributed by atoms with Crippen molar-refractivity contribution in [1.82, 2.24) is 10.6 Å². The number of halogens is 2. The van der Waals surface area contributed by atoms with Crippen molar-refractivity contribution in [3.63, 3.8) is 0 Å². The molecule has 180 valence electrons. The molecule has 0 aliphatic heterocycles. The number of hydrogen-bond donors (Lipinski definition) is 4. The van der Waals surface area contributed by atoms with Crippen LogP contribution in [-0.4, -0.2) is 41.5 Å². The van der Waals surface area contributed by atoms with Crippen LogP contribution in [0.25, 0.3) is 0 Å². The van der Waals surface area contributed by atoms with E-state index in [4.69, 9.17) is 5.73 Å². The van der Waals surface area contributed by atoms with E-state index in [-0.39, 0.29) is 12.5 Å². The highest BCUT2D eigenvalue weighted by molar-refractivity contribution is 6.00. The number of amides is 2. The molecule has 2 amide bonds. The van der Waals surface area contributed by atoms with Crippen LogP contribution in [0.3, 0.4) is 0 Å².